The molecule has 0 amide bonds. The average Bonchev–Trinajstić information content (AvgIpc) is 2.98. The van der Waals surface area contributed by atoms with Crippen LogP contribution in [0.1, 0.15) is 27.1 Å². The zero-order valence-electron chi connectivity index (χ0n) is 12.9. The van der Waals surface area contributed by atoms with E-state index >= 15 is 0 Å². The second-order valence-electron chi connectivity index (χ2n) is 5.28. The minimum absolute atomic E-state index is 0.0861. The van der Waals surface area contributed by atoms with Crippen LogP contribution in [0.2, 0.25) is 0 Å². The number of esters is 1. The van der Waals surface area contributed by atoms with Gasteiger partial charge in [-0.1, -0.05) is 48.5 Å². The summed E-state index contributed by atoms with van der Waals surface area (Å²) in [5, 5.41) is 0.839. The molecular weight excluding hydrogens is 290 g/mol. The predicted molar refractivity (Wildman–Crippen MR) is 88.7 cm³/mol. The molecule has 0 unspecified atom stereocenters. The van der Waals surface area contributed by atoms with E-state index < -0.39 is 0 Å². The number of methoxy groups -OCH3 is 1. The van der Waals surface area contributed by atoms with E-state index in [2.05, 4.69) is 0 Å². The molecule has 0 saturated carbocycles. The van der Waals surface area contributed by atoms with Gasteiger partial charge in [-0.15, -0.1) is 0 Å². The first kappa shape index (κ1) is 15.0. The highest BCUT2D eigenvalue weighted by atomic mass is 16.5. The second-order valence-corrected chi connectivity index (χ2v) is 5.28. The highest BCUT2D eigenvalue weighted by molar-refractivity contribution is 6.04. The molecule has 0 bridgehead atoms. The van der Waals surface area contributed by atoms with Crippen LogP contribution in [0.3, 0.4) is 0 Å². The number of ketones is 1. The molecule has 0 fully saturated rings. The molecule has 0 aliphatic carbocycles. The molecule has 2 aromatic carbocycles. The van der Waals surface area contributed by atoms with Crippen molar-refractivity contribution in [3.63, 3.8) is 0 Å². The second kappa shape index (κ2) is 6.48. The van der Waals surface area contributed by atoms with Crippen LogP contribution in [-0.4, -0.2) is 23.4 Å². The summed E-state index contributed by atoms with van der Waals surface area (Å²) in [6.45, 7) is 0.519. The van der Waals surface area contributed by atoms with Gasteiger partial charge in [0, 0.05) is 35.6 Å². The van der Waals surface area contributed by atoms with E-state index in [-0.39, 0.29) is 11.8 Å². The Labute approximate surface area is 134 Å². The third kappa shape index (κ3) is 3.01. The number of Topliss-reactive ketones (excluding diaryl/α,β-unsaturated/α-hetero) is 1. The van der Waals surface area contributed by atoms with E-state index in [1.54, 1.807) is 6.20 Å². The highest BCUT2D eigenvalue weighted by Gasteiger charge is 2.15. The zero-order chi connectivity index (χ0) is 16.2. The molecule has 0 N–H and O–H groups in total. The van der Waals surface area contributed by atoms with Gasteiger partial charge in [0.15, 0.2) is 5.78 Å². The van der Waals surface area contributed by atoms with E-state index in [1.807, 2.05) is 59.2 Å². The summed E-state index contributed by atoms with van der Waals surface area (Å²) >= 11 is 0. The summed E-state index contributed by atoms with van der Waals surface area (Å²) in [4.78, 5) is 24.1. The number of ether oxygens (including phenoxy) is 1. The molecule has 1 heterocycles. The molecule has 1 aromatic heterocycles. The van der Waals surface area contributed by atoms with Gasteiger partial charge in [-0.3, -0.25) is 4.79 Å². The lowest BCUT2D eigenvalue weighted by Crippen LogP contribution is -2.05. The van der Waals surface area contributed by atoms with Crippen LogP contribution < -0.4 is 0 Å². The molecule has 0 saturated heterocycles. The quantitative estimate of drug-likeness (QED) is 0.533. The fourth-order valence-corrected chi connectivity index (χ4v) is 2.69. The van der Waals surface area contributed by atoms with Crippen molar-refractivity contribution in [2.24, 2.45) is 0 Å². The van der Waals surface area contributed by atoms with Crippen molar-refractivity contribution in [1.29, 1.82) is 0 Å². The monoisotopic (exact) mass is 307 g/mol. The largest absolute Gasteiger partial charge is 0.465 e. The van der Waals surface area contributed by atoms with Crippen LogP contribution in [-0.2, 0) is 11.3 Å². The third-order valence-electron chi connectivity index (χ3n) is 3.87. The maximum absolute atomic E-state index is 12.2. The SMILES string of the molecule is COC(=O)c1cn(CCC(=O)c2ccccc2)c2ccccc12. The van der Waals surface area contributed by atoms with Crippen LogP contribution in [0.15, 0.2) is 60.8 Å². The molecule has 3 rings (SSSR count). The molecule has 116 valence electrons. The van der Waals surface area contributed by atoms with Crippen molar-refractivity contribution in [2.45, 2.75) is 13.0 Å². The summed E-state index contributed by atoms with van der Waals surface area (Å²) in [6.07, 6.45) is 2.14. The van der Waals surface area contributed by atoms with Gasteiger partial charge in [0.1, 0.15) is 0 Å². The van der Waals surface area contributed by atoms with Crippen molar-refractivity contribution in [2.75, 3.05) is 7.11 Å². The topological polar surface area (TPSA) is 48.3 Å². The lowest BCUT2D eigenvalue weighted by molar-refractivity contribution is 0.0602. The number of rotatable bonds is 5. The van der Waals surface area contributed by atoms with Gasteiger partial charge in [0.2, 0.25) is 0 Å². The maximum Gasteiger partial charge on any atom is 0.340 e. The molecule has 0 atom stereocenters. The Hall–Kier alpha value is -2.88. The molecule has 3 aromatic rings. The van der Waals surface area contributed by atoms with Gasteiger partial charge in [-0.2, -0.15) is 0 Å². The average molecular weight is 307 g/mol. The molecule has 0 spiro atoms. The van der Waals surface area contributed by atoms with Crippen LogP contribution >= 0.6 is 0 Å². The van der Waals surface area contributed by atoms with Crippen LogP contribution in [0.4, 0.5) is 0 Å². The molecule has 0 aliphatic heterocycles. The van der Waals surface area contributed by atoms with Crippen molar-refractivity contribution in [3.8, 4) is 0 Å². The van der Waals surface area contributed by atoms with Gasteiger partial charge >= 0.3 is 5.97 Å². The van der Waals surface area contributed by atoms with Crippen molar-refractivity contribution >= 4 is 22.7 Å². The minimum atomic E-state index is -0.366. The molecule has 23 heavy (non-hydrogen) atoms. The van der Waals surface area contributed by atoms with E-state index in [0.717, 1.165) is 10.9 Å². The molecular formula is C19H17NO3. The van der Waals surface area contributed by atoms with Crippen LogP contribution in [0, 0.1) is 0 Å². The van der Waals surface area contributed by atoms with Gasteiger partial charge in [-0.05, 0) is 6.07 Å². The standard InChI is InChI=1S/C19H17NO3/c1-23-19(22)16-13-20(17-10-6-5-9-15(16)17)12-11-18(21)14-7-3-2-4-8-14/h2-10,13H,11-12H2,1H3. The Kier molecular flexibility index (Phi) is 4.24. The highest BCUT2D eigenvalue weighted by Crippen LogP contribution is 2.22. The normalized spacial score (nSPS) is 10.7. The fourth-order valence-electron chi connectivity index (χ4n) is 2.69. The van der Waals surface area contributed by atoms with Crippen LogP contribution in [0.5, 0.6) is 0 Å². The third-order valence-corrected chi connectivity index (χ3v) is 3.87. The van der Waals surface area contributed by atoms with Gasteiger partial charge in [-0.25, -0.2) is 4.79 Å². The fraction of sp³-hybridized carbons (Fsp3) is 0.158. The Morgan fingerprint density at radius 2 is 1.70 bits per heavy atom. The predicted octanol–water partition coefficient (Wildman–Crippen LogP) is 3.70. The number of aromatic nitrogens is 1. The van der Waals surface area contributed by atoms with Crippen molar-refractivity contribution in [1.82, 2.24) is 4.57 Å². The van der Waals surface area contributed by atoms with Crippen LogP contribution in [0.25, 0.3) is 10.9 Å². The maximum atomic E-state index is 12.2. The Morgan fingerprint density at radius 3 is 2.43 bits per heavy atom. The number of hydrogen-bond acceptors (Lipinski definition) is 3. The molecule has 0 aliphatic rings. The van der Waals surface area contributed by atoms with E-state index in [9.17, 15) is 9.59 Å². The summed E-state index contributed by atoms with van der Waals surface area (Å²) in [6, 6.07) is 16.9. The summed E-state index contributed by atoms with van der Waals surface area (Å²) in [7, 11) is 1.37. The Bertz CT molecular complexity index is 849. The first-order chi connectivity index (χ1) is 11.2. The van der Waals surface area contributed by atoms with Gasteiger partial charge in [0.05, 0.1) is 12.7 Å². The number of fused-ring (bicyclic) bond motifs is 1. The molecule has 4 nitrogen and oxygen atoms in total. The van der Waals surface area contributed by atoms with Crippen molar-refractivity contribution in [3.05, 3.63) is 71.9 Å². The number of nitrogens with zero attached hydrogens (tertiary/aromatic N) is 1. The first-order valence-electron chi connectivity index (χ1n) is 7.45. The minimum Gasteiger partial charge on any atom is -0.465 e. The number of aryl methyl sites for hydroxylation is 1. The Balaban J connectivity index is 1.86. The first-order valence-corrected chi connectivity index (χ1v) is 7.45. The van der Waals surface area contributed by atoms with E-state index in [1.165, 1.54) is 7.11 Å². The summed E-state index contributed by atoms with van der Waals surface area (Å²) < 4.78 is 6.77. The lowest BCUT2D eigenvalue weighted by Gasteiger charge is -2.05. The zero-order valence-corrected chi connectivity index (χ0v) is 12.9. The van der Waals surface area contributed by atoms with E-state index in [0.29, 0.717) is 24.1 Å². The Morgan fingerprint density at radius 1 is 1.00 bits per heavy atom. The summed E-state index contributed by atoms with van der Waals surface area (Å²) in [5.74, 6) is -0.280. The van der Waals surface area contributed by atoms with Gasteiger partial charge < -0.3 is 9.30 Å². The number of hydrogen-bond donors (Lipinski definition) is 0. The van der Waals surface area contributed by atoms with Crippen molar-refractivity contribution < 1.29 is 14.3 Å². The van der Waals surface area contributed by atoms with E-state index in [4.69, 9.17) is 4.74 Å². The number of para-hydroxylation sites is 1. The molecule has 4 heteroatoms. The number of carbonyl (C=O) groups excluding carboxylic acids is 2. The lowest BCUT2D eigenvalue weighted by atomic mass is 10.1. The smallest absolute Gasteiger partial charge is 0.340 e. The molecule has 0 radical (unpaired) electrons. The summed E-state index contributed by atoms with van der Waals surface area (Å²) in [5.41, 5.74) is 2.15. The van der Waals surface area contributed by atoms with Gasteiger partial charge in [0.25, 0.3) is 0 Å². The number of benzene rings is 2. The number of carbonyl (C=O) groups is 2.